The molecule has 0 radical (unpaired) electrons. The molecule has 3 nitrogen and oxygen atoms in total. The van der Waals surface area contributed by atoms with Gasteiger partial charge >= 0.3 is 0 Å². The second kappa shape index (κ2) is 17.8. The van der Waals surface area contributed by atoms with Gasteiger partial charge in [0.15, 0.2) is 22.6 Å². The average Bonchev–Trinajstić information content (AvgIpc) is 3.34. The SMILES string of the molecule is C[P+](c1ccccc1)(c1ccccc1)c1ccccc1Oc1ccc(C(=O)c2ccc(Oc3ccccc3[P+](c3ccccc3)(c3ccccc3)c3ccccc3)cc2)cc1. The van der Waals surface area contributed by atoms with E-state index in [0.29, 0.717) is 22.6 Å². The highest BCUT2D eigenvalue weighted by Crippen LogP contribution is 2.57. The number of rotatable bonds is 13. The molecule has 9 rings (SSSR count). The Labute approximate surface area is 359 Å². The smallest absolute Gasteiger partial charge is 0.193 e. The first-order chi connectivity index (χ1) is 30.0. The van der Waals surface area contributed by atoms with Crippen molar-refractivity contribution >= 4 is 57.4 Å². The van der Waals surface area contributed by atoms with Crippen LogP contribution in [0.2, 0.25) is 0 Å². The van der Waals surface area contributed by atoms with E-state index in [0.717, 1.165) is 22.1 Å². The molecule has 0 amide bonds. The zero-order valence-electron chi connectivity index (χ0n) is 33.8. The summed E-state index contributed by atoms with van der Waals surface area (Å²) >= 11 is 0. The van der Waals surface area contributed by atoms with Gasteiger partial charge in [0.2, 0.25) is 0 Å². The lowest BCUT2D eigenvalue weighted by atomic mass is 10.0. The lowest BCUT2D eigenvalue weighted by molar-refractivity contribution is 0.103. The number of hydrogen-bond acceptors (Lipinski definition) is 3. The van der Waals surface area contributed by atoms with Gasteiger partial charge in [-0.1, -0.05) is 115 Å². The first-order valence-electron chi connectivity index (χ1n) is 20.4. The molecule has 0 aliphatic heterocycles. The molecule has 9 aromatic rings. The van der Waals surface area contributed by atoms with Crippen molar-refractivity contribution in [3.05, 3.63) is 260 Å². The van der Waals surface area contributed by atoms with Crippen molar-refractivity contribution in [1.82, 2.24) is 0 Å². The Morgan fingerprint density at radius 1 is 0.328 bits per heavy atom. The summed E-state index contributed by atoms with van der Waals surface area (Å²) in [4.78, 5) is 13.9. The van der Waals surface area contributed by atoms with Gasteiger partial charge in [-0.25, -0.2) is 0 Å². The molecule has 0 bridgehead atoms. The van der Waals surface area contributed by atoms with Crippen molar-refractivity contribution in [2.75, 3.05) is 6.66 Å². The van der Waals surface area contributed by atoms with Crippen LogP contribution < -0.4 is 46.6 Å². The molecule has 5 heteroatoms. The van der Waals surface area contributed by atoms with E-state index in [-0.39, 0.29) is 5.78 Å². The quantitative estimate of drug-likeness (QED) is 0.0858. The van der Waals surface area contributed by atoms with Crippen molar-refractivity contribution in [3.63, 3.8) is 0 Å². The van der Waals surface area contributed by atoms with Crippen LogP contribution in [0.1, 0.15) is 15.9 Å². The highest BCUT2D eigenvalue weighted by atomic mass is 31.2. The predicted octanol–water partition coefficient (Wildman–Crippen LogP) is 11.0. The van der Waals surface area contributed by atoms with Crippen LogP contribution in [-0.4, -0.2) is 12.4 Å². The molecule has 0 aliphatic rings. The molecule has 0 unspecified atom stereocenters. The summed E-state index contributed by atoms with van der Waals surface area (Å²) in [6.07, 6.45) is 0. The Morgan fingerprint density at radius 2 is 0.623 bits per heavy atom. The van der Waals surface area contributed by atoms with Gasteiger partial charge < -0.3 is 9.47 Å². The molecular formula is C56H44O3P2+2. The molecule has 0 saturated heterocycles. The molecule has 294 valence electrons. The summed E-state index contributed by atoms with van der Waals surface area (Å²) in [6, 6.07) is 85.2. The highest BCUT2D eigenvalue weighted by Gasteiger charge is 2.50. The monoisotopic (exact) mass is 826 g/mol. The third kappa shape index (κ3) is 7.83. The van der Waals surface area contributed by atoms with E-state index in [1.807, 2.05) is 72.8 Å². The van der Waals surface area contributed by atoms with Crippen LogP contribution in [0.5, 0.6) is 23.0 Å². The maximum Gasteiger partial charge on any atom is 0.193 e. The molecule has 0 aliphatic carbocycles. The molecular weight excluding hydrogens is 783 g/mol. The number of para-hydroxylation sites is 2. The zero-order chi connectivity index (χ0) is 41.5. The predicted molar refractivity (Wildman–Crippen MR) is 259 cm³/mol. The minimum absolute atomic E-state index is 0.0762. The summed E-state index contributed by atoms with van der Waals surface area (Å²) in [5.74, 6) is 2.82. The molecule has 61 heavy (non-hydrogen) atoms. The number of benzene rings is 9. The number of ether oxygens (including phenoxy) is 2. The zero-order valence-corrected chi connectivity index (χ0v) is 35.6. The van der Waals surface area contributed by atoms with Crippen molar-refractivity contribution < 1.29 is 14.3 Å². The fraction of sp³-hybridized carbons (Fsp3) is 0.0179. The number of carbonyl (C=O) groups excluding carboxylic acids is 1. The summed E-state index contributed by atoms with van der Waals surface area (Å²) < 4.78 is 13.4. The summed E-state index contributed by atoms with van der Waals surface area (Å²) in [5, 5.41) is 8.55. The minimum Gasteiger partial charge on any atom is -0.453 e. The van der Waals surface area contributed by atoms with Gasteiger partial charge in [0.05, 0.1) is 6.66 Å². The lowest BCUT2D eigenvalue weighted by Gasteiger charge is -2.28. The van der Waals surface area contributed by atoms with Crippen molar-refractivity contribution in [1.29, 1.82) is 0 Å². The van der Waals surface area contributed by atoms with E-state index < -0.39 is 14.5 Å². The Bertz CT molecular complexity index is 2710. The largest absolute Gasteiger partial charge is 0.453 e. The third-order valence-corrected chi connectivity index (χ3v) is 19.5. The minimum atomic E-state index is -2.40. The van der Waals surface area contributed by atoms with E-state index >= 15 is 0 Å². The molecule has 0 heterocycles. The third-order valence-electron chi connectivity index (χ3n) is 11.2. The maximum absolute atomic E-state index is 13.9. The normalized spacial score (nSPS) is 11.4. The van der Waals surface area contributed by atoms with E-state index in [1.54, 1.807) is 0 Å². The van der Waals surface area contributed by atoms with Crippen LogP contribution >= 0.6 is 14.5 Å². The van der Waals surface area contributed by atoms with Crippen molar-refractivity contribution in [2.24, 2.45) is 0 Å². The molecule has 9 aromatic carbocycles. The fourth-order valence-electron chi connectivity index (χ4n) is 8.20. The van der Waals surface area contributed by atoms with Gasteiger partial charge in [-0.05, 0) is 133 Å². The number of hydrogen-bond donors (Lipinski definition) is 0. The topological polar surface area (TPSA) is 35.5 Å². The Hall–Kier alpha value is -6.89. The van der Waals surface area contributed by atoms with Gasteiger partial charge in [0.25, 0.3) is 0 Å². The van der Waals surface area contributed by atoms with E-state index in [4.69, 9.17) is 9.47 Å². The average molecular weight is 827 g/mol. The van der Waals surface area contributed by atoms with Gasteiger partial charge in [-0.2, -0.15) is 0 Å². The van der Waals surface area contributed by atoms with Crippen molar-refractivity contribution in [3.8, 4) is 23.0 Å². The van der Waals surface area contributed by atoms with E-state index in [9.17, 15) is 4.79 Å². The Morgan fingerprint density at radius 3 is 1.00 bits per heavy atom. The van der Waals surface area contributed by atoms with Gasteiger partial charge in [0, 0.05) is 11.1 Å². The second-order valence-corrected chi connectivity index (χ2v) is 21.8. The maximum atomic E-state index is 13.9. The van der Waals surface area contributed by atoms with Gasteiger partial charge in [-0.3, -0.25) is 4.79 Å². The van der Waals surface area contributed by atoms with Crippen LogP contribution in [0.4, 0.5) is 0 Å². The highest BCUT2D eigenvalue weighted by molar-refractivity contribution is 8.01. The number of ketones is 1. The summed E-state index contributed by atoms with van der Waals surface area (Å²) in [7, 11) is -4.43. The van der Waals surface area contributed by atoms with E-state index in [1.165, 1.54) is 26.5 Å². The number of carbonyl (C=O) groups is 1. The van der Waals surface area contributed by atoms with Crippen LogP contribution in [-0.2, 0) is 0 Å². The van der Waals surface area contributed by atoms with Gasteiger partial charge in [-0.15, -0.1) is 0 Å². The molecule has 0 saturated carbocycles. The van der Waals surface area contributed by atoms with Crippen LogP contribution in [0.3, 0.4) is 0 Å². The Balaban J connectivity index is 0.980. The molecule has 0 aromatic heterocycles. The summed E-state index contributed by atoms with van der Waals surface area (Å²) in [6.45, 7) is 2.35. The lowest BCUT2D eigenvalue weighted by Crippen LogP contribution is -2.39. The Kier molecular flexibility index (Phi) is 11.5. The molecule has 0 atom stereocenters. The van der Waals surface area contributed by atoms with E-state index in [2.05, 4.69) is 183 Å². The first-order valence-corrected chi connectivity index (χ1v) is 24.4. The standard InChI is InChI=1S/C56H44O3P2/c1-60(47-21-7-2-8-22-47,48-23-9-3-10-24-48)54-33-19-17-31-52(54)58-45-39-35-43(36-40-45)56(57)44-37-41-46(42-38-44)59-53-32-18-20-34-55(53)61(49-25-11-4-12-26-49,50-27-13-5-14-28-50)51-29-15-6-16-30-51/h2-42H,1H3/q+2. The first kappa shape index (κ1) is 39.6. The second-order valence-electron chi connectivity index (χ2n) is 14.9. The van der Waals surface area contributed by atoms with Gasteiger partial charge in [0.1, 0.15) is 57.9 Å². The fourth-order valence-corrected chi connectivity index (χ4v) is 15.9. The van der Waals surface area contributed by atoms with Crippen LogP contribution in [0, 0.1) is 0 Å². The van der Waals surface area contributed by atoms with Crippen LogP contribution in [0.15, 0.2) is 249 Å². The molecule has 0 N–H and O–H groups in total. The van der Waals surface area contributed by atoms with Crippen molar-refractivity contribution in [2.45, 2.75) is 0 Å². The van der Waals surface area contributed by atoms with Crippen LogP contribution in [0.25, 0.3) is 0 Å². The molecule has 0 fully saturated rings. The molecule has 0 spiro atoms. The summed E-state index contributed by atoms with van der Waals surface area (Å²) in [5.41, 5.74) is 1.15.